The minimum Gasteiger partial charge on any atom is -0.470 e. The third-order valence-corrected chi connectivity index (χ3v) is 9.35. The molecule has 0 aliphatic rings. The number of hydrogen-bond acceptors (Lipinski definition) is 16. The van der Waals surface area contributed by atoms with Crippen molar-refractivity contribution in [2.45, 2.75) is 39.9 Å². The number of nitrogens with zero attached hydrogens (tertiary/aromatic N) is 19. The van der Waals surface area contributed by atoms with Gasteiger partial charge in [-0.25, -0.2) is 41.9 Å². The summed E-state index contributed by atoms with van der Waals surface area (Å²) in [5, 5.41) is 67.4. The third-order valence-electron chi connectivity index (χ3n) is 9.35. The molecule has 0 amide bonds. The molecular weight excluding hydrogens is 879 g/mol. The molecule has 7 heterocycles. The number of nitriles is 3. The first-order chi connectivity index (χ1) is 32.5. The first kappa shape index (κ1) is 45.5. The van der Waals surface area contributed by atoms with Gasteiger partial charge in [-0.15, -0.1) is 30.6 Å². The van der Waals surface area contributed by atoms with Gasteiger partial charge in [0.25, 0.3) is 12.9 Å². The molecule has 0 radical (unpaired) electrons. The van der Waals surface area contributed by atoms with Crippen LogP contribution in [0.5, 0.6) is 5.88 Å². The van der Waals surface area contributed by atoms with Crippen LogP contribution in [0.4, 0.5) is 17.6 Å². The van der Waals surface area contributed by atoms with Crippen LogP contribution in [0.1, 0.15) is 63.8 Å². The van der Waals surface area contributed by atoms with Crippen molar-refractivity contribution >= 4 is 0 Å². The zero-order valence-electron chi connectivity index (χ0n) is 34.8. The summed E-state index contributed by atoms with van der Waals surface area (Å²) in [6, 6.07) is 24.1. The molecule has 1 N–H and O–H groups in total. The van der Waals surface area contributed by atoms with Gasteiger partial charge in [-0.2, -0.15) is 15.8 Å². The predicted octanol–water partition coefficient (Wildman–Crippen LogP) is 5.54. The molecular formula is C42H31F4N19O2. The number of alkyl halides is 4. The summed E-state index contributed by atoms with van der Waals surface area (Å²) in [4.78, 5) is 11.7. The van der Waals surface area contributed by atoms with E-state index in [4.69, 9.17) is 20.5 Å². The minimum atomic E-state index is -2.53. The molecule has 9 rings (SSSR count). The molecule has 2 aromatic carbocycles. The lowest BCUT2D eigenvalue weighted by molar-refractivity contribution is 0.151. The van der Waals surface area contributed by atoms with E-state index in [1.807, 2.05) is 18.2 Å². The largest absolute Gasteiger partial charge is 0.470 e. The molecule has 25 heteroatoms. The van der Waals surface area contributed by atoms with E-state index >= 15 is 0 Å². The fourth-order valence-corrected chi connectivity index (χ4v) is 5.82. The molecule has 0 saturated carbocycles. The Hall–Kier alpha value is -9.54. The number of aliphatic hydroxyl groups is 1. The maximum atomic E-state index is 12.8. The number of aromatic nitrogens is 16. The second-order valence-corrected chi connectivity index (χ2v) is 13.6. The van der Waals surface area contributed by atoms with Gasteiger partial charge in [-0.1, -0.05) is 34.7 Å². The molecule has 21 nitrogen and oxygen atoms in total. The molecule has 0 aliphatic heterocycles. The maximum Gasteiger partial charge on any atom is 0.263 e. The van der Waals surface area contributed by atoms with Crippen LogP contribution in [0.15, 0.2) is 110 Å². The van der Waals surface area contributed by atoms with Gasteiger partial charge >= 0.3 is 0 Å². The normalized spacial score (nSPS) is 10.7. The predicted molar refractivity (Wildman–Crippen MR) is 222 cm³/mol. The summed E-state index contributed by atoms with van der Waals surface area (Å²) in [5.41, 5.74) is 4.43. The average molecular weight is 910 g/mol. The van der Waals surface area contributed by atoms with Crippen molar-refractivity contribution < 1.29 is 27.4 Å². The number of ether oxygens (including phenoxy) is 1. The van der Waals surface area contributed by atoms with E-state index in [-0.39, 0.29) is 35.9 Å². The lowest BCUT2D eigenvalue weighted by atomic mass is 10.2. The van der Waals surface area contributed by atoms with E-state index in [0.717, 1.165) is 0 Å². The van der Waals surface area contributed by atoms with Crippen molar-refractivity contribution in [2.24, 2.45) is 0 Å². The molecule has 0 bridgehead atoms. The fraction of sp³-hybridized carbons (Fsp3) is 0.143. The van der Waals surface area contributed by atoms with E-state index in [1.54, 1.807) is 76.3 Å². The number of rotatable bonds is 11. The quantitative estimate of drug-likeness (QED) is 0.156. The zero-order chi connectivity index (χ0) is 47.5. The molecule has 0 aliphatic carbocycles. The van der Waals surface area contributed by atoms with Gasteiger partial charge in [0.2, 0.25) is 5.88 Å². The summed E-state index contributed by atoms with van der Waals surface area (Å²) >= 11 is 0. The molecule has 0 fully saturated rings. The van der Waals surface area contributed by atoms with Gasteiger partial charge in [-0.05, 0) is 56.3 Å². The number of halogens is 4. The lowest BCUT2D eigenvalue weighted by Gasteiger charge is -2.09. The van der Waals surface area contributed by atoms with Gasteiger partial charge in [0.15, 0.2) is 34.5 Å². The Labute approximate surface area is 375 Å². The van der Waals surface area contributed by atoms with E-state index < -0.39 is 12.9 Å². The van der Waals surface area contributed by atoms with E-state index in [0.29, 0.717) is 63.0 Å². The molecule has 334 valence electrons. The zero-order valence-corrected chi connectivity index (χ0v) is 34.8. The van der Waals surface area contributed by atoms with E-state index in [1.165, 1.54) is 70.9 Å². The maximum absolute atomic E-state index is 12.8. The number of benzene rings is 2. The summed E-state index contributed by atoms with van der Waals surface area (Å²) in [5.74, 6) is 1.85. The Morgan fingerprint density at radius 2 is 0.925 bits per heavy atom. The van der Waals surface area contributed by atoms with Gasteiger partial charge < -0.3 is 9.84 Å². The van der Waals surface area contributed by atoms with Crippen LogP contribution in [0.2, 0.25) is 0 Å². The fourth-order valence-electron chi connectivity index (χ4n) is 5.82. The van der Waals surface area contributed by atoms with Gasteiger partial charge in [0.05, 0.1) is 35.1 Å². The van der Waals surface area contributed by atoms with Crippen molar-refractivity contribution in [3.8, 4) is 52.9 Å². The Balaban J connectivity index is 0.000000157. The molecule has 9 aromatic rings. The Morgan fingerprint density at radius 3 is 1.27 bits per heavy atom. The highest BCUT2D eigenvalue weighted by Crippen LogP contribution is 2.23. The SMILES string of the molecule is Cc1nnn(-c2ccc(C(F)F)cc2)c1CO.Cc1nnn(-c2ccc(C(F)F)cc2)c1COc1ccc(-n2cnc(C#N)c2)nn1.N#Cc1cn(-c2ccc(-n3cnc(C#N)c3)nn2)cn1. The van der Waals surface area contributed by atoms with Crippen LogP contribution < -0.4 is 4.74 Å². The van der Waals surface area contributed by atoms with Crippen molar-refractivity contribution in [1.82, 2.24) is 79.0 Å². The highest BCUT2D eigenvalue weighted by Gasteiger charge is 2.15. The monoisotopic (exact) mass is 909 g/mol. The van der Waals surface area contributed by atoms with Gasteiger partial charge in [-0.3, -0.25) is 13.7 Å². The van der Waals surface area contributed by atoms with Crippen molar-refractivity contribution in [3.05, 3.63) is 161 Å². The number of imidazole rings is 3. The van der Waals surface area contributed by atoms with Crippen LogP contribution >= 0.6 is 0 Å². The number of hydrogen-bond donors (Lipinski definition) is 1. The first-order valence-electron chi connectivity index (χ1n) is 19.3. The Bertz CT molecular complexity index is 3120. The molecule has 67 heavy (non-hydrogen) atoms. The summed E-state index contributed by atoms with van der Waals surface area (Å²) in [7, 11) is 0. The van der Waals surface area contributed by atoms with Crippen LogP contribution in [-0.2, 0) is 13.2 Å². The number of aliphatic hydroxyl groups excluding tert-OH is 1. The third kappa shape index (κ3) is 10.8. The topological polar surface area (TPSA) is 267 Å². The second kappa shape index (κ2) is 20.8. The smallest absolute Gasteiger partial charge is 0.263 e. The van der Waals surface area contributed by atoms with Crippen LogP contribution in [0, 0.1) is 47.8 Å². The Kier molecular flexibility index (Phi) is 14.1. The standard InChI is InChI=1S/C19H14F2N8O.C12H6N8.C11H11F2N3O/c1-12-16(29(27-24-12)15-4-2-13(3-5-15)19(20)21)10-30-18-7-6-17(25-26-18)28-9-14(8-22)23-11-28;13-3-9-5-19(7-15-9)11-1-2-12(18-17-11)20-6-10(4-14)16-8-20;1-7-10(6-17)16(15-14-7)9-4-2-8(3-5-9)11(12)13/h2-7,9,11,19H,10H2,1H3;1-2,5-8H;2-5,11,17H,6H2,1H3. The van der Waals surface area contributed by atoms with Crippen molar-refractivity contribution in [1.29, 1.82) is 15.8 Å². The van der Waals surface area contributed by atoms with Gasteiger partial charge in [0, 0.05) is 35.8 Å². The first-order valence-corrected chi connectivity index (χ1v) is 19.3. The molecule has 0 spiro atoms. The lowest BCUT2D eigenvalue weighted by Crippen LogP contribution is -2.08. The second-order valence-electron chi connectivity index (χ2n) is 13.6. The summed E-state index contributed by atoms with van der Waals surface area (Å²) in [6.07, 6.45) is 4.10. The highest BCUT2D eigenvalue weighted by atomic mass is 19.3. The molecule has 0 unspecified atom stereocenters. The summed E-state index contributed by atoms with van der Waals surface area (Å²) in [6.45, 7) is 3.40. The average Bonchev–Trinajstić information content (AvgIpc) is 4.23. The van der Waals surface area contributed by atoms with Crippen molar-refractivity contribution in [2.75, 3.05) is 0 Å². The van der Waals surface area contributed by atoms with Crippen LogP contribution in [0.25, 0.3) is 28.8 Å². The van der Waals surface area contributed by atoms with Crippen molar-refractivity contribution in [3.63, 3.8) is 0 Å². The van der Waals surface area contributed by atoms with Crippen LogP contribution in [-0.4, -0.2) is 84.1 Å². The van der Waals surface area contributed by atoms with Gasteiger partial charge in [0.1, 0.15) is 49.5 Å². The minimum absolute atomic E-state index is 0.0452. The molecule has 7 aromatic heterocycles. The summed E-state index contributed by atoms with van der Waals surface area (Å²) < 4.78 is 63.7. The number of aryl methyl sites for hydroxylation is 2. The molecule has 0 saturated heterocycles. The van der Waals surface area contributed by atoms with E-state index in [2.05, 4.69) is 56.0 Å². The Morgan fingerprint density at radius 1 is 0.537 bits per heavy atom. The highest BCUT2D eigenvalue weighted by molar-refractivity contribution is 5.38. The molecule has 0 atom stereocenters. The van der Waals surface area contributed by atoms with E-state index in [9.17, 15) is 22.7 Å². The van der Waals surface area contributed by atoms with Crippen LogP contribution in [0.3, 0.4) is 0 Å².